The zero-order valence-corrected chi connectivity index (χ0v) is 14.0. The fourth-order valence-electron chi connectivity index (χ4n) is 2.26. The lowest BCUT2D eigenvalue weighted by atomic mass is 10.1. The lowest BCUT2D eigenvalue weighted by molar-refractivity contribution is -0.136. The first kappa shape index (κ1) is 17.4. The molecule has 1 heterocycles. The number of aryl methyl sites for hydroxylation is 1. The molecule has 7 heteroatoms. The van der Waals surface area contributed by atoms with Crippen LogP contribution in [0.2, 0.25) is 10.0 Å². The second-order valence-electron chi connectivity index (χ2n) is 5.15. The van der Waals surface area contributed by atoms with Crippen LogP contribution in [0.15, 0.2) is 28.9 Å². The lowest BCUT2D eigenvalue weighted by Crippen LogP contribution is -2.28. The van der Waals surface area contributed by atoms with E-state index in [9.17, 15) is 9.59 Å². The van der Waals surface area contributed by atoms with Gasteiger partial charge in [-0.2, -0.15) is 0 Å². The van der Waals surface area contributed by atoms with Crippen LogP contribution in [0.25, 0.3) is 0 Å². The number of rotatable bonds is 5. The maximum absolute atomic E-state index is 12.5. The van der Waals surface area contributed by atoms with Gasteiger partial charge in [0, 0.05) is 15.6 Å². The van der Waals surface area contributed by atoms with Gasteiger partial charge in [-0.25, -0.2) is 0 Å². The Balaban J connectivity index is 2.23. The van der Waals surface area contributed by atoms with Crippen molar-refractivity contribution in [3.63, 3.8) is 0 Å². The van der Waals surface area contributed by atoms with Crippen LogP contribution in [0.4, 0.5) is 0 Å². The van der Waals surface area contributed by atoms with E-state index in [0.29, 0.717) is 21.2 Å². The second kappa shape index (κ2) is 7.06. The molecule has 1 unspecified atom stereocenters. The zero-order valence-electron chi connectivity index (χ0n) is 12.5. The first-order chi connectivity index (χ1) is 10.8. The van der Waals surface area contributed by atoms with Gasteiger partial charge in [-0.1, -0.05) is 23.2 Å². The molecule has 1 atom stereocenters. The SMILES string of the molecule is Cc1coc(CC(=O)O)c1C(=O)NC(C)c1cc(Cl)ccc1Cl. The summed E-state index contributed by atoms with van der Waals surface area (Å²) in [5, 5.41) is 12.7. The van der Waals surface area contributed by atoms with Crippen molar-refractivity contribution in [2.75, 3.05) is 0 Å². The van der Waals surface area contributed by atoms with Crippen molar-refractivity contribution >= 4 is 35.1 Å². The third-order valence-electron chi connectivity index (χ3n) is 3.36. The van der Waals surface area contributed by atoms with Crippen LogP contribution in [-0.2, 0) is 11.2 Å². The third kappa shape index (κ3) is 4.06. The summed E-state index contributed by atoms with van der Waals surface area (Å²) in [6, 6.07) is 4.59. The molecule has 5 nitrogen and oxygen atoms in total. The van der Waals surface area contributed by atoms with E-state index in [2.05, 4.69) is 5.32 Å². The first-order valence-corrected chi connectivity index (χ1v) is 7.59. The predicted molar refractivity (Wildman–Crippen MR) is 87.1 cm³/mol. The minimum absolute atomic E-state index is 0.122. The van der Waals surface area contributed by atoms with Gasteiger partial charge in [-0.15, -0.1) is 0 Å². The number of carboxylic acid groups (broad SMARTS) is 1. The molecule has 0 radical (unpaired) electrons. The third-order valence-corrected chi connectivity index (χ3v) is 3.94. The number of nitrogens with one attached hydrogen (secondary N) is 1. The normalized spacial score (nSPS) is 12.0. The highest BCUT2D eigenvalue weighted by atomic mass is 35.5. The predicted octanol–water partition coefficient (Wildman–Crippen LogP) is 4.01. The summed E-state index contributed by atoms with van der Waals surface area (Å²) in [4.78, 5) is 23.3. The molecule has 0 aliphatic rings. The Labute approximate surface area is 143 Å². The summed E-state index contributed by atoms with van der Waals surface area (Å²) >= 11 is 12.1. The van der Waals surface area contributed by atoms with E-state index >= 15 is 0 Å². The van der Waals surface area contributed by atoms with Crippen LogP contribution in [-0.4, -0.2) is 17.0 Å². The molecule has 0 aliphatic carbocycles. The van der Waals surface area contributed by atoms with Crippen molar-refractivity contribution in [1.29, 1.82) is 0 Å². The summed E-state index contributed by atoms with van der Waals surface area (Å²) in [7, 11) is 0. The van der Waals surface area contributed by atoms with Crippen molar-refractivity contribution in [2.24, 2.45) is 0 Å². The summed E-state index contributed by atoms with van der Waals surface area (Å²) in [6.45, 7) is 3.45. The Morgan fingerprint density at radius 2 is 2.04 bits per heavy atom. The molecular formula is C16H15Cl2NO4. The number of carboxylic acids is 1. The molecule has 2 rings (SSSR count). The van der Waals surface area contributed by atoms with Crippen LogP contribution in [0.5, 0.6) is 0 Å². The van der Waals surface area contributed by atoms with Crippen molar-refractivity contribution in [2.45, 2.75) is 26.3 Å². The molecule has 1 aromatic carbocycles. The van der Waals surface area contributed by atoms with Crippen LogP contribution >= 0.6 is 23.2 Å². The Morgan fingerprint density at radius 3 is 2.70 bits per heavy atom. The lowest BCUT2D eigenvalue weighted by Gasteiger charge is -2.16. The average Bonchev–Trinajstić information content (AvgIpc) is 2.81. The first-order valence-electron chi connectivity index (χ1n) is 6.84. The minimum Gasteiger partial charge on any atom is -0.481 e. The summed E-state index contributed by atoms with van der Waals surface area (Å²) < 4.78 is 5.17. The number of carbonyl (C=O) groups is 2. The topological polar surface area (TPSA) is 79.5 Å². The molecule has 0 saturated carbocycles. The van der Waals surface area contributed by atoms with E-state index in [1.165, 1.54) is 6.26 Å². The van der Waals surface area contributed by atoms with Crippen LogP contribution < -0.4 is 5.32 Å². The second-order valence-corrected chi connectivity index (χ2v) is 5.99. The maximum atomic E-state index is 12.5. The number of aliphatic carboxylic acids is 1. The monoisotopic (exact) mass is 355 g/mol. The summed E-state index contributed by atoms with van der Waals surface area (Å²) in [5.74, 6) is -1.37. The molecule has 0 spiro atoms. The fraction of sp³-hybridized carbons (Fsp3) is 0.250. The van der Waals surface area contributed by atoms with E-state index < -0.39 is 17.9 Å². The van der Waals surface area contributed by atoms with Gasteiger partial charge in [0.1, 0.15) is 12.2 Å². The smallest absolute Gasteiger partial charge is 0.311 e. The van der Waals surface area contributed by atoms with Gasteiger partial charge < -0.3 is 14.8 Å². The van der Waals surface area contributed by atoms with Crippen molar-refractivity contribution < 1.29 is 19.1 Å². The van der Waals surface area contributed by atoms with Gasteiger partial charge in [0.2, 0.25) is 0 Å². The Hall–Kier alpha value is -1.98. The van der Waals surface area contributed by atoms with Gasteiger partial charge in [0.25, 0.3) is 5.91 Å². The van der Waals surface area contributed by atoms with Crippen LogP contribution in [0, 0.1) is 6.92 Å². The number of benzene rings is 1. The Kier molecular flexibility index (Phi) is 5.34. The average molecular weight is 356 g/mol. The molecule has 23 heavy (non-hydrogen) atoms. The molecule has 1 aromatic heterocycles. The number of hydrogen-bond donors (Lipinski definition) is 2. The Morgan fingerprint density at radius 1 is 1.35 bits per heavy atom. The largest absolute Gasteiger partial charge is 0.481 e. The van der Waals surface area contributed by atoms with Crippen LogP contribution in [0.1, 0.15) is 40.2 Å². The highest BCUT2D eigenvalue weighted by Gasteiger charge is 2.22. The van der Waals surface area contributed by atoms with Gasteiger partial charge >= 0.3 is 5.97 Å². The highest BCUT2D eigenvalue weighted by Crippen LogP contribution is 2.27. The number of furan rings is 1. The van der Waals surface area contributed by atoms with Gasteiger partial charge in [0.05, 0.1) is 17.9 Å². The molecule has 0 fully saturated rings. The molecule has 1 amide bonds. The molecule has 0 aliphatic heterocycles. The van der Waals surface area contributed by atoms with E-state index in [1.807, 2.05) is 0 Å². The molecular weight excluding hydrogens is 341 g/mol. The number of hydrogen-bond acceptors (Lipinski definition) is 3. The molecule has 2 aromatic rings. The van der Waals surface area contributed by atoms with Gasteiger partial charge in [0.15, 0.2) is 0 Å². The van der Waals surface area contributed by atoms with Crippen molar-refractivity contribution in [1.82, 2.24) is 5.32 Å². The van der Waals surface area contributed by atoms with E-state index in [0.717, 1.165) is 0 Å². The molecule has 2 N–H and O–H groups in total. The zero-order chi connectivity index (χ0) is 17.1. The molecule has 122 valence electrons. The number of carbonyl (C=O) groups excluding carboxylic acids is 1. The van der Waals surface area contributed by atoms with E-state index in [-0.39, 0.29) is 17.7 Å². The minimum atomic E-state index is -1.07. The van der Waals surface area contributed by atoms with Gasteiger partial charge in [-0.05, 0) is 37.6 Å². The van der Waals surface area contributed by atoms with Crippen molar-refractivity contribution in [3.05, 3.63) is 57.0 Å². The standard InChI is InChI=1S/C16H15Cl2NO4/c1-8-7-23-13(6-14(20)21)15(8)16(22)19-9(2)11-5-10(17)3-4-12(11)18/h3-5,7,9H,6H2,1-2H3,(H,19,22)(H,20,21). The number of halogens is 2. The molecule has 0 bridgehead atoms. The fourth-order valence-corrected chi connectivity index (χ4v) is 2.73. The van der Waals surface area contributed by atoms with E-state index in [1.54, 1.807) is 32.0 Å². The highest BCUT2D eigenvalue weighted by molar-refractivity contribution is 6.33. The van der Waals surface area contributed by atoms with Crippen molar-refractivity contribution in [3.8, 4) is 0 Å². The summed E-state index contributed by atoms with van der Waals surface area (Å²) in [6.07, 6.45) is 1.01. The number of amides is 1. The summed E-state index contributed by atoms with van der Waals surface area (Å²) in [5.41, 5.74) is 1.48. The van der Waals surface area contributed by atoms with E-state index in [4.69, 9.17) is 32.7 Å². The van der Waals surface area contributed by atoms with Crippen LogP contribution in [0.3, 0.4) is 0 Å². The Bertz CT molecular complexity index is 755. The maximum Gasteiger partial charge on any atom is 0.311 e. The molecule has 0 saturated heterocycles. The quantitative estimate of drug-likeness (QED) is 0.848. The van der Waals surface area contributed by atoms with Gasteiger partial charge in [-0.3, -0.25) is 9.59 Å².